The van der Waals surface area contributed by atoms with Crippen LogP contribution in [0.15, 0.2) is 46.2 Å². The zero-order valence-electron chi connectivity index (χ0n) is 15.2. The standard InChI is InChI=1S/C18H15F4NO3S.Na/c1-11-3-4-13(12(2)9-11)7-8-27(25,26)23-17(24)15-6-5-14(19)10-16(15)18(20,21)22;/h3-10H,1-2H3,(H,23,24);/q;+1/p-1/b8-7+;. The Balaban J connectivity index is 0.00000392. The van der Waals surface area contributed by atoms with Crippen LogP contribution in [0.25, 0.3) is 6.08 Å². The van der Waals surface area contributed by atoms with E-state index in [2.05, 4.69) is 4.40 Å². The molecule has 0 spiro atoms. The summed E-state index contributed by atoms with van der Waals surface area (Å²) in [5.74, 6) is -2.84. The molecule has 2 rings (SSSR count). The Morgan fingerprint density at radius 2 is 1.75 bits per heavy atom. The molecule has 2 aromatic rings. The molecule has 28 heavy (non-hydrogen) atoms. The summed E-state index contributed by atoms with van der Waals surface area (Å²) in [6.07, 6.45) is -3.85. The summed E-state index contributed by atoms with van der Waals surface area (Å²) >= 11 is 0. The van der Waals surface area contributed by atoms with Crippen molar-refractivity contribution in [1.29, 1.82) is 0 Å². The molecule has 0 unspecified atom stereocenters. The fraction of sp³-hybridized carbons (Fsp3) is 0.167. The van der Waals surface area contributed by atoms with Crippen LogP contribution in [0.1, 0.15) is 27.8 Å². The van der Waals surface area contributed by atoms with Gasteiger partial charge in [-0.25, -0.2) is 4.39 Å². The van der Waals surface area contributed by atoms with Crippen molar-refractivity contribution in [3.8, 4) is 0 Å². The zero-order valence-corrected chi connectivity index (χ0v) is 18.0. The normalized spacial score (nSPS) is 12.9. The Bertz CT molecular complexity index is 1030. The van der Waals surface area contributed by atoms with Gasteiger partial charge in [-0.2, -0.15) is 26.0 Å². The van der Waals surface area contributed by atoms with E-state index in [4.69, 9.17) is 0 Å². The monoisotopic (exact) mass is 423 g/mol. The van der Waals surface area contributed by atoms with Crippen LogP contribution < -0.4 is 34.7 Å². The van der Waals surface area contributed by atoms with Gasteiger partial charge in [0.15, 0.2) is 0 Å². The fourth-order valence-corrected chi connectivity index (χ4v) is 3.01. The third kappa shape index (κ3) is 6.44. The third-order valence-corrected chi connectivity index (χ3v) is 4.47. The molecule has 0 atom stereocenters. The Labute approximate surface area is 182 Å². The van der Waals surface area contributed by atoms with Crippen molar-refractivity contribution in [2.75, 3.05) is 0 Å². The minimum absolute atomic E-state index is 0. The quantitative estimate of drug-likeness (QED) is 0.313. The van der Waals surface area contributed by atoms with Gasteiger partial charge in [0.2, 0.25) is 0 Å². The van der Waals surface area contributed by atoms with Crippen molar-refractivity contribution >= 4 is 22.0 Å². The number of aryl methyl sites for hydroxylation is 2. The number of sulfonamides is 1. The predicted molar refractivity (Wildman–Crippen MR) is 91.8 cm³/mol. The minimum atomic E-state index is -5.04. The van der Waals surface area contributed by atoms with Crippen molar-refractivity contribution in [1.82, 2.24) is 0 Å². The van der Waals surface area contributed by atoms with E-state index in [0.717, 1.165) is 11.1 Å². The zero-order chi connectivity index (χ0) is 20.4. The molecule has 0 bridgehead atoms. The minimum Gasteiger partial charge on any atom is -0.858 e. The molecular formula is C18H14F4NNaO3S. The maximum Gasteiger partial charge on any atom is 1.00 e. The first-order valence-electron chi connectivity index (χ1n) is 7.53. The van der Waals surface area contributed by atoms with Gasteiger partial charge in [0.05, 0.1) is 11.0 Å². The summed E-state index contributed by atoms with van der Waals surface area (Å²) < 4.78 is 78.7. The van der Waals surface area contributed by atoms with E-state index < -0.39 is 39.0 Å². The van der Waals surface area contributed by atoms with Gasteiger partial charge in [0.25, 0.3) is 10.0 Å². The van der Waals surface area contributed by atoms with Crippen LogP contribution in [0, 0.1) is 19.7 Å². The number of hydrogen-bond donors (Lipinski definition) is 0. The molecule has 0 saturated heterocycles. The van der Waals surface area contributed by atoms with Gasteiger partial charge in [-0.1, -0.05) is 29.8 Å². The van der Waals surface area contributed by atoms with Crippen LogP contribution in [-0.4, -0.2) is 14.3 Å². The molecule has 0 heterocycles. The summed E-state index contributed by atoms with van der Waals surface area (Å²) in [7, 11) is -4.49. The van der Waals surface area contributed by atoms with Crippen LogP contribution in [-0.2, 0) is 16.2 Å². The summed E-state index contributed by atoms with van der Waals surface area (Å²) in [6, 6.07) is 6.49. The van der Waals surface area contributed by atoms with E-state index in [-0.39, 0.29) is 35.6 Å². The molecule has 0 saturated carbocycles. The molecule has 2 aromatic carbocycles. The molecule has 0 amide bonds. The van der Waals surface area contributed by atoms with Gasteiger partial charge >= 0.3 is 35.7 Å². The Morgan fingerprint density at radius 3 is 2.32 bits per heavy atom. The molecular weight excluding hydrogens is 409 g/mol. The summed E-state index contributed by atoms with van der Waals surface area (Å²) in [4.78, 5) is 0. The summed E-state index contributed by atoms with van der Waals surface area (Å²) in [5, 5.41) is 12.6. The van der Waals surface area contributed by atoms with Gasteiger partial charge in [-0.15, -0.1) is 0 Å². The van der Waals surface area contributed by atoms with Gasteiger partial charge in [0.1, 0.15) is 5.82 Å². The molecule has 10 heteroatoms. The fourth-order valence-electron chi connectivity index (χ4n) is 2.30. The molecule has 0 aliphatic rings. The largest absolute Gasteiger partial charge is 1.00 e. The molecule has 0 aliphatic heterocycles. The molecule has 0 radical (unpaired) electrons. The number of rotatable bonds is 4. The van der Waals surface area contributed by atoms with Crippen molar-refractivity contribution in [3.63, 3.8) is 0 Å². The second-order valence-electron chi connectivity index (χ2n) is 5.76. The van der Waals surface area contributed by atoms with Crippen LogP contribution in [0.5, 0.6) is 0 Å². The SMILES string of the molecule is Cc1ccc(/C=C/S(=O)(=O)/N=C(\[O-])c2ccc(F)cc2C(F)(F)F)c(C)c1.[Na+]. The van der Waals surface area contributed by atoms with E-state index in [1.54, 1.807) is 19.1 Å². The van der Waals surface area contributed by atoms with E-state index in [1.165, 1.54) is 6.08 Å². The van der Waals surface area contributed by atoms with Crippen LogP contribution in [0.4, 0.5) is 17.6 Å². The van der Waals surface area contributed by atoms with E-state index in [0.29, 0.717) is 23.1 Å². The van der Waals surface area contributed by atoms with Crippen LogP contribution >= 0.6 is 0 Å². The average molecular weight is 423 g/mol. The van der Waals surface area contributed by atoms with Crippen LogP contribution in [0.3, 0.4) is 0 Å². The Hall–Kier alpha value is -1.68. The number of benzene rings is 2. The van der Waals surface area contributed by atoms with Crippen molar-refractivity contribution in [2.45, 2.75) is 20.0 Å². The van der Waals surface area contributed by atoms with Crippen LogP contribution in [0.2, 0.25) is 0 Å². The topological polar surface area (TPSA) is 69.6 Å². The first kappa shape index (κ1) is 24.4. The summed E-state index contributed by atoms with van der Waals surface area (Å²) in [6.45, 7) is 3.60. The van der Waals surface area contributed by atoms with Crippen molar-refractivity contribution in [3.05, 3.63) is 75.4 Å². The molecule has 0 N–H and O–H groups in total. The predicted octanol–water partition coefficient (Wildman–Crippen LogP) is 0.573. The average Bonchev–Trinajstić information content (AvgIpc) is 2.52. The van der Waals surface area contributed by atoms with Crippen molar-refractivity contribution in [2.24, 2.45) is 4.40 Å². The van der Waals surface area contributed by atoms with Gasteiger partial charge in [-0.05, 0) is 48.7 Å². The second-order valence-corrected chi connectivity index (χ2v) is 7.25. The summed E-state index contributed by atoms with van der Waals surface area (Å²) in [5.41, 5.74) is -0.365. The molecule has 0 fully saturated rings. The van der Waals surface area contributed by atoms with E-state index in [9.17, 15) is 31.1 Å². The maximum atomic E-state index is 13.1. The van der Waals surface area contributed by atoms with Crippen molar-refractivity contribution < 1.29 is 60.6 Å². The first-order chi connectivity index (χ1) is 12.4. The third-order valence-electron chi connectivity index (χ3n) is 3.57. The number of nitrogens with zero attached hydrogens (tertiary/aromatic N) is 1. The smallest absolute Gasteiger partial charge is 0.858 e. The Morgan fingerprint density at radius 1 is 1.11 bits per heavy atom. The van der Waals surface area contributed by atoms with E-state index >= 15 is 0 Å². The molecule has 144 valence electrons. The molecule has 4 nitrogen and oxygen atoms in total. The number of alkyl halides is 3. The Kier molecular flexibility index (Phi) is 8.01. The molecule has 0 aliphatic carbocycles. The van der Waals surface area contributed by atoms with Gasteiger partial charge in [-0.3, -0.25) is 0 Å². The number of halogens is 4. The van der Waals surface area contributed by atoms with Gasteiger partial charge in [0, 0.05) is 5.90 Å². The number of hydrogen-bond acceptors (Lipinski definition) is 3. The first-order valence-corrected chi connectivity index (χ1v) is 9.04. The van der Waals surface area contributed by atoms with Gasteiger partial charge < -0.3 is 5.11 Å². The maximum absolute atomic E-state index is 13.1. The second kappa shape index (κ2) is 9.21. The van der Waals surface area contributed by atoms with E-state index in [1.807, 2.05) is 13.0 Å². The molecule has 0 aromatic heterocycles.